The highest BCUT2D eigenvalue weighted by atomic mass is 16.3. The number of carbonyl (C=O) groups excluding carboxylic acids is 1. The van der Waals surface area contributed by atoms with Gasteiger partial charge in [0.1, 0.15) is 5.75 Å². The molecule has 0 bridgehead atoms. The van der Waals surface area contributed by atoms with Gasteiger partial charge >= 0.3 is 0 Å². The standard InChI is InChI=1S/C15H21NO2/c1-11-13(7-4-8-14(11)17)15(18)16-10-9-12-5-2-3-6-12/h4,7-8,12,17H,2-3,5-6,9-10H2,1H3,(H,16,18). The van der Waals surface area contributed by atoms with E-state index in [0.29, 0.717) is 11.1 Å². The van der Waals surface area contributed by atoms with Crippen molar-refractivity contribution in [2.45, 2.75) is 39.0 Å². The smallest absolute Gasteiger partial charge is 0.251 e. The highest BCUT2D eigenvalue weighted by Gasteiger charge is 2.15. The summed E-state index contributed by atoms with van der Waals surface area (Å²) in [6, 6.07) is 5.05. The fraction of sp³-hybridized carbons (Fsp3) is 0.533. The molecule has 1 fully saturated rings. The maximum atomic E-state index is 12.0. The Bertz CT molecular complexity index is 423. The van der Waals surface area contributed by atoms with E-state index in [9.17, 15) is 9.90 Å². The number of phenolic OH excluding ortho intramolecular Hbond substituents is 1. The molecule has 3 heteroatoms. The molecule has 2 rings (SSSR count). The molecule has 0 heterocycles. The second kappa shape index (κ2) is 5.89. The lowest BCUT2D eigenvalue weighted by Gasteiger charge is -2.11. The van der Waals surface area contributed by atoms with Crippen LogP contribution in [0.1, 0.15) is 48.0 Å². The maximum absolute atomic E-state index is 12.0. The molecule has 98 valence electrons. The molecule has 2 N–H and O–H groups in total. The van der Waals surface area contributed by atoms with Gasteiger partial charge in [-0.15, -0.1) is 0 Å². The lowest BCUT2D eigenvalue weighted by atomic mass is 10.0. The van der Waals surface area contributed by atoms with Crippen molar-refractivity contribution in [3.8, 4) is 5.75 Å². The third-order valence-corrected chi connectivity index (χ3v) is 3.86. The summed E-state index contributed by atoms with van der Waals surface area (Å²) in [6.45, 7) is 2.50. The van der Waals surface area contributed by atoms with Crippen LogP contribution in [0.4, 0.5) is 0 Å². The lowest BCUT2D eigenvalue weighted by Crippen LogP contribution is -2.26. The van der Waals surface area contributed by atoms with Gasteiger partial charge in [0.2, 0.25) is 0 Å². The SMILES string of the molecule is Cc1c(O)cccc1C(=O)NCCC1CCCC1. The number of benzene rings is 1. The van der Waals surface area contributed by atoms with Crippen molar-refractivity contribution in [1.82, 2.24) is 5.32 Å². The first-order valence-electron chi connectivity index (χ1n) is 6.75. The Balaban J connectivity index is 1.85. The number of hydrogen-bond donors (Lipinski definition) is 2. The molecule has 0 atom stereocenters. The zero-order valence-electron chi connectivity index (χ0n) is 10.9. The third-order valence-electron chi connectivity index (χ3n) is 3.86. The fourth-order valence-electron chi connectivity index (χ4n) is 2.65. The average molecular weight is 247 g/mol. The number of phenols is 1. The zero-order valence-corrected chi connectivity index (χ0v) is 10.9. The molecule has 0 radical (unpaired) electrons. The predicted octanol–water partition coefficient (Wildman–Crippen LogP) is 3.01. The van der Waals surface area contributed by atoms with Crippen LogP contribution in [0.3, 0.4) is 0 Å². The first kappa shape index (κ1) is 12.9. The van der Waals surface area contributed by atoms with Gasteiger partial charge in [0.25, 0.3) is 5.91 Å². The molecule has 3 nitrogen and oxygen atoms in total. The summed E-state index contributed by atoms with van der Waals surface area (Å²) >= 11 is 0. The molecule has 0 aromatic heterocycles. The first-order valence-corrected chi connectivity index (χ1v) is 6.75. The molecule has 0 unspecified atom stereocenters. The van der Waals surface area contributed by atoms with E-state index in [1.165, 1.54) is 25.7 Å². The van der Waals surface area contributed by atoms with E-state index in [2.05, 4.69) is 5.32 Å². The highest BCUT2D eigenvalue weighted by Crippen LogP contribution is 2.27. The van der Waals surface area contributed by atoms with Crippen LogP contribution in [-0.4, -0.2) is 17.6 Å². The quantitative estimate of drug-likeness (QED) is 0.859. The van der Waals surface area contributed by atoms with Crippen molar-refractivity contribution < 1.29 is 9.90 Å². The normalized spacial score (nSPS) is 15.8. The maximum Gasteiger partial charge on any atom is 0.251 e. The van der Waals surface area contributed by atoms with Gasteiger partial charge in [-0.1, -0.05) is 31.7 Å². The lowest BCUT2D eigenvalue weighted by molar-refractivity contribution is 0.0950. The van der Waals surface area contributed by atoms with Gasteiger partial charge in [0.15, 0.2) is 0 Å². The van der Waals surface area contributed by atoms with Crippen molar-refractivity contribution in [3.05, 3.63) is 29.3 Å². The van der Waals surface area contributed by atoms with Crippen LogP contribution in [0.25, 0.3) is 0 Å². The molecule has 1 saturated carbocycles. The molecule has 1 aromatic rings. The summed E-state index contributed by atoms with van der Waals surface area (Å²) in [6.07, 6.45) is 6.36. The molecule has 0 saturated heterocycles. The molecular weight excluding hydrogens is 226 g/mol. The Labute approximate surface area is 108 Å². The van der Waals surface area contributed by atoms with Crippen LogP contribution in [0, 0.1) is 12.8 Å². The zero-order chi connectivity index (χ0) is 13.0. The van der Waals surface area contributed by atoms with E-state index in [0.717, 1.165) is 18.9 Å². The molecule has 1 aliphatic carbocycles. The monoisotopic (exact) mass is 247 g/mol. The van der Waals surface area contributed by atoms with Crippen LogP contribution in [-0.2, 0) is 0 Å². The van der Waals surface area contributed by atoms with E-state index in [1.54, 1.807) is 25.1 Å². The Morgan fingerprint density at radius 2 is 2.11 bits per heavy atom. The molecule has 0 aliphatic heterocycles. The van der Waals surface area contributed by atoms with Crippen molar-refractivity contribution in [3.63, 3.8) is 0 Å². The van der Waals surface area contributed by atoms with Crippen molar-refractivity contribution in [2.75, 3.05) is 6.54 Å². The van der Waals surface area contributed by atoms with Crippen molar-refractivity contribution in [1.29, 1.82) is 0 Å². The summed E-state index contributed by atoms with van der Waals surface area (Å²) in [5.41, 5.74) is 1.22. The first-order chi connectivity index (χ1) is 8.68. The number of rotatable bonds is 4. The highest BCUT2D eigenvalue weighted by molar-refractivity contribution is 5.96. The second-order valence-electron chi connectivity index (χ2n) is 5.14. The van der Waals surface area contributed by atoms with E-state index in [-0.39, 0.29) is 11.7 Å². The van der Waals surface area contributed by atoms with Crippen molar-refractivity contribution >= 4 is 5.91 Å². The van der Waals surface area contributed by atoms with Crippen LogP contribution in [0.15, 0.2) is 18.2 Å². The molecule has 18 heavy (non-hydrogen) atoms. The number of amides is 1. The Morgan fingerprint density at radius 3 is 2.83 bits per heavy atom. The minimum atomic E-state index is -0.0820. The summed E-state index contributed by atoms with van der Waals surface area (Å²) in [7, 11) is 0. The number of nitrogens with one attached hydrogen (secondary N) is 1. The van der Waals surface area contributed by atoms with Gasteiger partial charge in [-0.05, 0) is 31.4 Å². The average Bonchev–Trinajstić information content (AvgIpc) is 2.85. The van der Waals surface area contributed by atoms with Gasteiger partial charge < -0.3 is 10.4 Å². The fourth-order valence-corrected chi connectivity index (χ4v) is 2.65. The predicted molar refractivity (Wildman–Crippen MR) is 71.8 cm³/mol. The summed E-state index contributed by atoms with van der Waals surface area (Å²) in [5, 5.41) is 12.5. The number of carbonyl (C=O) groups is 1. The van der Waals surface area contributed by atoms with Gasteiger partial charge in [-0.3, -0.25) is 4.79 Å². The minimum Gasteiger partial charge on any atom is -0.508 e. The van der Waals surface area contributed by atoms with Crippen molar-refractivity contribution in [2.24, 2.45) is 5.92 Å². The Hall–Kier alpha value is -1.51. The van der Waals surface area contributed by atoms with Crippen LogP contribution >= 0.6 is 0 Å². The molecular formula is C15H21NO2. The van der Waals surface area contributed by atoms with E-state index in [4.69, 9.17) is 0 Å². The second-order valence-corrected chi connectivity index (χ2v) is 5.14. The van der Waals surface area contributed by atoms with Gasteiger partial charge in [0, 0.05) is 17.7 Å². The van der Waals surface area contributed by atoms with Gasteiger partial charge in [-0.2, -0.15) is 0 Å². The third kappa shape index (κ3) is 3.03. The van der Waals surface area contributed by atoms with E-state index in [1.807, 2.05) is 0 Å². The molecule has 1 aliphatic rings. The number of hydrogen-bond acceptors (Lipinski definition) is 2. The minimum absolute atomic E-state index is 0.0820. The van der Waals surface area contributed by atoms with Crippen LogP contribution < -0.4 is 5.32 Å². The van der Waals surface area contributed by atoms with E-state index >= 15 is 0 Å². The Morgan fingerprint density at radius 1 is 1.39 bits per heavy atom. The summed E-state index contributed by atoms with van der Waals surface area (Å²) in [5.74, 6) is 0.885. The van der Waals surface area contributed by atoms with Crippen LogP contribution in [0.5, 0.6) is 5.75 Å². The molecule has 0 spiro atoms. The van der Waals surface area contributed by atoms with Gasteiger partial charge in [0.05, 0.1) is 0 Å². The van der Waals surface area contributed by atoms with E-state index < -0.39 is 0 Å². The molecule has 1 aromatic carbocycles. The summed E-state index contributed by atoms with van der Waals surface area (Å²) < 4.78 is 0. The largest absolute Gasteiger partial charge is 0.508 e. The van der Waals surface area contributed by atoms with Crippen LogP contribution in [0.2, 0.25) is 0 Å². The van der Waals surface area contributed by atoms with Gasteiger partial charge in [-0.25, -0.2) is 0 Å². The topological polar surface area (TPSA) is 49.3 Å². The Kier molecular flexibility index (Phi) is 4.24. The number of aromatic hydroxyl groups is 1. The molecule has 1 amide bonds. The summed E-state index contributed by atoms with van der Waals surface area (Å²) in [4.78, 5) is 12.0.